The van der Waals surface area contributed by atoms with Crippen molar-refractivity contribution < 1.29 is 18.0 Å². The third kappa shape index (κ3) is 7.94. The molecule has 0 saturated heterocycles. The Labute approximate surface area is 223 Å². The van der Waals surface area contributed by atoms with Crippen LogP contribution in [0, 0.1) is 11.3 Å². The zero-order valence-corrected chi connectivity index (χ0v) is 22.6. The summed E-state index contributed by atoms with van der Waals surface area (Å²) < 4.78 is 41.6. The minimum atomic E-state index is -4.54. The summed E-state index contributed by atoms with van der Waals surface area (Å²) in [6.45, 7) is 11.5. The number of rotatable bonds is 8. The number of para-hydroxylation sites is 1. The standard InChI is InChI=1S/C31H36F3N3O/c1-22(13-14-26-24(3)25(15-16-30(26,4)5)20-37-18-17-35-21-37)9-8-10-23(2)19-29(38)36-28-12-7-6-11-27(28)31(32,33)34/h6-14,17-19,21,25H,15-16,20H2,1-5H3,(H,36,38)/b10-8+,14-13+,22-9+,23-19+. The van der Waals surface area contributed by atoms with E-state index < -0.39 is 17.6 Å². The second-order valence-electron chi connectivity index (χ2n) is 10.5. The van der Waals surface area contributed by atoms with E-state index in [-0.39, 0.29) is 11.1 Å². The van der Waals surface area contributed by atoms with Crippen molar-refractivity contribution in [1.29, 1.82) is 0 Å². The molecule has 3 rings (SSSR count). The molecule has 7 heteroatoms. The van der Waals surface area contributed by atoms with Crippen LogP contribution in [0.3, 0.4) is 0 Å². The molecule has 0 aliphatic heterocycles. The first-order valence-electron chi connectivity index (χ1n) is 12.7. The maximum Gasteiger partial charge on any atom is 0.418 e. The van der Waals surface area contributed by atoms with Crippen LogP contribution in [0.5, 0.6) is 0 Å². The minimum absolute atomic E-state index is 0.0968. The van der Waals surface area contributed by atoms with Crippen molar-refractivity contribution in [2.45, 2.75) is 60.2 Å². The Kier molecular flexibility index (Phi) is 9.36. The molecule has 1 atom stereocenters. The average Bonchev–Trinajstić information content (AvgIpc) is 3.33. The molecule has 1 N–H and O–H groups in total. The van der Waals surface area contributed by atoms with Crippen molar-refractivity contribution in [1.82, 2.24) is 9.55 Å². The fourth-order valence-corrected chi connectivity index (χ4v) is 4.76. The average molecular weight is 524 g/mol. The molecule has 1 aliphatic carbocycles. The van der Waals surface area contributed by atoms with Crippen molar-refractivity contribution in [3.63, 3.8) is 0 Å². The molecule has 1 aliphatic rings. The van der Waals surface area contributed by atoms with Gasteiger partial charge in [0.1, 0.15) is 0 Å². The molecule has 1 aromatic heterocycles. The fraction of sp³-hybridized carbons (Fsp3) is 0.355. The van der Waals surface area contributed by atoms with Gasteiger partial charge in [-0.2, -0.15) is 13.2 Å². The van der Waals surface area contributed by atoms with Crippen LogP contribution in [-0.4, -0.2) is 15.5 Å². The maximum atomic E-state index is 13.1. The highest BCUT2D eigenvalue weighted by molar-refractivity contribution is 6.00. The van der Waals surface area contributed by atoms with Gasteiger partial charge in [0.25, 0.3) is 0 Å². The number of nitrogens with one attached hydrogen (secondary N) is 1. The highest BCUT2D eigenvalue weighted by Gasteiger charge is 2.33. The van der Waals surface area contributed by atoms with Crippen LogP contribution in [0.15, 0.2) is 102 Å². The fourth-order valence-electron chi connectivity index (χ4n) is 4.76. The van der Waals surface area contributed by atoms with E-state index in [0.717, 1.165) is 31.0 Å². The van der Waals surface area contributed by atoms with Gasteiger partial charge in [0.05, 0.1) is 17.6 Å². The summed E-state index contributed by atoms with van der Waals surface area (Å²) in [5.74, 6) is -0.139. The summed E-state index contributed by atoms with van der Waals surface area (Å²) in [6, 6.07) is 4.93. The third-order valence-corrected chi connectivity index (χ3v) is 6.95. The lowest BCUT2D eigenvalue weighted by molar-refractivity contribution is -0.137. The molecule has 0 spiro atoms. The molecular formula is C31H36F3N3O. The monoisotopic (exact) mass is 523 g/mol. The van der Waals surface area contributed by atoms with Crippen LogP contribution in [0.2, 0.25) is 0 Å². The number of benzene rings is 1. The lowest BCUT2D eigenvalue weighted by atomic mass is 9.68. The van der Waals surface area contributed by atoms with Crippen molar-refractivity contribution >= 4 is 11.6 Å². The van der Waals surface area contributed by atoms with Gasteiger partial charge >= 0.3 is 6.18 Å². The number of carbonyl (C=O) groups excluding carboxylic acids is 1. The summed E-state index contributed by atoms with van der Waals surface area (Å²) in [4.78, 5) is 16.4. The van der Waals surface area contributed by atoms with E-state index in [0.29, 0.717) is 11.5 Å². The molecule has 0 radical (unpaired) electrons. The Hall–Kier alpha value is -3.61. The van der Waals surface area contributed by atoms with E-state index in [1.165, 1.54) is 35.4 Å². The molecule has 2 aromatic rings. The van der Waals surface area contributed by atoms with Crippen LogP contribution in [-0.2, 0) is 17.5 Å². The van der Waals surface area contributed by atoms with Gasteiger partial charge < -0.3 is 9.88 Å². The molecule has 1 heterocycles. The molecule has 1 amide bonds. The number of nitrogens with zero attached hydrogens (tertiary/aromatic N) is 2. The first-order valence-corrected chi connectivity index (χ1v) is 12.7. The van der Waals surface area contributed by atoms with Gasteiger partial charge in [0, 0.05) is 25.0 Å². The molecule has 0 saturated carbocycles. The minimum Gasteiger partial charge on any atom is -0.337 e. The number of carbonyl (C=O) groups is 1. The number of hydrogen-bond donors (Lipinski definition) is 1. The lowest BCUT2D eigenvalue weighted by Crippen LogP contribution is -2.26. The molecule has 1 unspecified atom stereocenters. The summed E-state index contributed by atoms with van der Waals surface area (Å²) in [7, 11) is 0. The third-order valence-electron chi connectivity index (χ3n) is 6.95. The van der Waals surface area contributed by atoms with E-state index in [9.17, 15) is 18.0 Å². The largest absolute Gasteiger partial charge is 0.418 e. The zero-order valence-electron chi connectivity index (χ0n) is 22.6. The Bertz CT molecular complexity index is 1280. The number of amides is 1. The highest BCUT2D eigenvalue weighted by atomic mass is 19.4. The first kappa shape index (κ1) is 29.0. The van der Waals surface area contributed by atoms with Crippen LogP contribution < -0.4 is 5.32 Å². The number of hydrogen-bond acceptors (Lipinski definition) is 2. The van der Waals surface area contributed by atoms with Crippen molar-refractivity contribution in [3.8, 4) is 0 Å². The van der Waals surface area contributed by atoms with Crippen LogP contribution in [0.25, 0.3) is 0 Å². The van der Waals surface area contributed by atoms with Crippen LogP contribution >= 0.6 is 0 Å². The smallest absolute Gasteiger partial charge is 0.337 e. The number of halogens is 3. The summed E-state index contributed by atoms with van der Waals surface area (Å²) in [6.07, 6.45) is 14.5. The van der Waals surface area contributed by atoms with E-state index in [2.05, 4.69) is 47.8 Å². The van der Waals surface area contributed by atoms with E-state index in [1.807, 2.05) is 37.8 Å². The number of imidazole rings is 1. The summed E-state index contributed by atoms with van der Waals surface area (Å²) in [5, 5.41) is 2.33. The molecule has 0 fully saturated rings. The number of allylic oxidation sites excluding steroid dienone is 9. The van der Waals surface area contributed by atoms with Gasteiger partial charge in [-0.1, -0.05) is 67.5 Å². The van der Waals surface area contributed by atoms with Gasteiger partial charge in [-0.25, -0.2) is 4.98 Å². The second-order valence-corrected chi connectivity index (χ2v) is 10.5. The number of anilines is 1. The Morgan fingerprint density at radius 3 is 2.61 bits per heavy atom. The van der Waals surface area contributed by atoms with Crippen molar-refractivity contribution in [3.05, 3.63) is 107 Å². The van der Waals surface area contributed by atoms with E-state index >= 15 is 0 Å². The molecule has 38 heavy (non-hydrogen) atoms. The maximum absolute atomic E-state index is 13.1. The lowest BCUT2D eigenvalue weighted by Gasteiger charge is -2.37. The van der Waals surface area contributed by atoms with Gasteiger partial charge in [0.2, 0.25) is 5.91 Å². The summed E-state index contributed by atoms with van der Waals surface area (Å²) in [5.41, 5.74) is 3.39. The molecule has 0 bridgehead atoms. The van der Waals surface area contributed by atoms with Gasteiger partial charge in [0.15, 0.2) is 0 Å². The topological polar surface area (TPSA) is 46.9 Å². The van der Waals surface area contributed by atoms with Gasteiger partial charge in [-0.15, -0.1) is 0 Å². The molecule has 1 aromatic carbocycles. The quantitative estimate of drug-likeness (QED) is 0.279. The summed E-state index contributed by atoms with van der Waals surface area (Å²) >= 11 is 0. The van der Waals surface area contributed by atoms with Gasteiger partial charge in [-0.3, -0.25) is 4.79 Å². The molecule has 202 valence electrons. The Balaban J connectivity index is 1.66. The zero-order chi connectivity index (χ0) is 27.9. The van der Waals surface area contributed by atoms with Crippen molar-refractivity contribution in [2.75, 3.05) is 5.32 Å². The van der Waals surface area contributed by atoms with Crippen molar-refractivity contribution in [2.24, 2.45) is 11.3 Å². The molecular weight excluding hydrogens is 487 g/mol. The molecule has 4 nitrogen and oxygen atoms in total. The normalized spacial score (nSPS) is 19.0. The van der Waals surface area contributed by atoms with Gasteiger partial charge in [-0.05, 0) is 68.2 Å². The Morgan fingerprint density at radius 1 is 1.18 bits per heavy atom. The predicted molar refractivity (Wildman–Crippen MR) is 147 cm³/mol. The number of alkyl halides is 3. The van der Waals surface area contributed by atoms with Crippen LogP contribution in [0.1, 0.15) is 53.0 Å². The van der Waals surface area contributed by atoms with E-state index in [1.54, 1.807) is 13.0 Å². The predicted octanol–water partition coefficient (Wildman–Crippen LogP) is 8.30. The second kappa shape index (κ2) is 12.3. The first-order chi connectivity index (χ1) is 17.9. The Morgan fingerprint density at radius 2 is 1.92 bits per heavy atom. The number of aromatic nitrogens is 2. The highest BCUT2D eigenvalue weighted by Crippen LogP contribution is 2.44. The van der Waals surface area contributed by atoms with Crippen LogP contribution in [0.4, 0.5) is 18.9 Å². The van der Waals surface area contributed by atoms with E-state index in [4.69, 9.17) is 0 Å². The SMILES string of the molecule is CC1=C(/C=C/C(C)=C/C=C/C(C)=C/C(=O)Nc2ccccc2C(F)(F)F)C(C)(C)CCC1Cn1ccnc1.